The normalized spacial score (nSPS) is 11.6. The summed E-state index contributed by atoms with van der Waals surface area (Å²) in [4.78, 5) is 19.7. The van der Waals surface area contributed by atoms with Crippen molar-refractivity contribution in [1.82, 2.24) is 4.98 Å². The summed E-state index contributed by atoms with van der Waals surface area (Å²) >= 11 is 7.64. The number of ether oxygens (including phenoxy) is 1. The zero-order valence-electron chi connectivity index (χ0n) is 17.2. The Morgan fingerprint density at radius 1 is 1.19 bits per heavy atom. The summed E-state index contributed by atoms with van der Waals surface area (Å²) in [5.74, 6) is 0.944. The Morgan fingerprint density at radius 3 is 2.56 bits per heavy atom. The van der Waals surface area contributed by atoms with E-state index < -0.39 is 9.84 Å². The Morgan fingerprint density at radius 2 is 1.94 bits per heavy atom. The summed E-state index contributed by atoms with van der Waals surface area (Å²) < 4.78 is 34.9. The predicted molar refractivity (Wildman–Crippen MR) is 124 cm³/mol. The molecule has 4 aromatic rings. The van der Waals surface area contributed by atoms with E-state index in [1.165, 1.54) is 28.4 Å². The smallest absolute Gasteiger partial charge is 0.233 e. The van der Waals surface area contributed by atoms with Crippen molar-refractivity contribution in [1.29, 1.82) is 0 Å². The number of rotatable bonds is 7. The topological polar surface area (TPSA) is 89.7 Å². The van der Waals surface area contributed by atoms with Crippen molar-refractivity contribution in [2.45, 2.75) is 17.9 Å². The lowest BCUT2D eigenvalue weighted by Gasteiger charge is -2.19. The maximum absolute atomic E-state index is 13.3. The third-order valence-electron chi connectivity index (χ3n) is 4.80. The van der Waals surface area contributed by atoms with Gasteiger partial charge in [-0.2, -0.15) is 0 Å². The number of carbonyl (C=O) groups is 1. The Kier molecular flexibility index (Phi) is 6.23. The van der Waals surface area contributed by atoms with Crippen LogP contribution >= 0.6 is 22.9 Å². The van der Waals surface area contributed by atoms with Crippen LogP contribution in [0.1, 0.15) is 11.3 Å². The van der Waals surface area contributed by atoms with Gasteiger partial charge in [0.2, 0.25) is 5.91 Å². The summed E-state index contributed by atoms with van der Waals surface area (Å²) in [5.41, 5.74) is 1.26. The van der Waals surface area contributed by atoms with Crippen LogP contribution in [0.15, 0.2) is 64.1 Å². The van der Waals surface area contributed by atoms with Gasteiger partial charge in [-0.15, -0.1) is 0 Å². The lowest BCUT2D eigenvalue weighted by Crippen LogP contribution is -2.31. The van der Waals surface area contributed by atoms with E-state index >= 15 is 0 Å². The number of fused-ring (bicyclic) bond motifs is 1. The van der Waals surface area contributed by atoms with E-state index in [4.69, 9.17) is 20.8 Å². The SMILES string of the molecule is COc1ccc(Cl)c2sc(N(Cc3ccco3)C(=O)Cc3ccc(S(C)(=O)=O)cc3)nc12. The van der Waals surface area contributed by atoms with Crippen molar-refractivity contribution in [3.05, 3.63) is 71.1 Å². The number of thiazole rings is 1. The minimum Gasteiger partial charge on any atom is -0.494 e. The molecule has 2 heterocycles. The van der Waals surface area contributed by atoms with Crippen LogP contribution in [-0.2, 0) is 27.6 Å². The Hall–Kier alpha value is -2.88. The highest BCUT2D eigenvalue weighted by Gasteiger charge is 2.23. The van der Waals surface area contributed by atoms with E-state index in [1.807, 2.05) is 0 Å². The van der Waals surface area contributed by atoms with Gasteiger partial charge in [-0.1, -0.05) is 35.1 Å². The third-order valence-corrected chi connectivity index (χ3v) is 7.47. The van der Waals surface area contributed by atoms with Gasteiger partial charge in [0.25, 0.3) is 0 Å². The van der Waals surface area contributed by atoms with E-state index in [1.54, 1.807) is 49.8 Å². The predicted octanol–water partition coefficient (Wildman–Crippen LogP) is 4.73. The third kappa shape index (κ3) is 4.64. The molecule has 0 bridgehead atoms. The lowest BCUT2D eigenvalue weighted by atomic mass is 10.1. The van der Waals surface area contributed by atoms with Gasteiger partial charge < -0.3 is 9.15 Å². The fourth-order valence-electron chi connectivity index (χ4n) is 3.17. The molecule has 0 N–H and O–H groups in total. The molecule has 7 nitrogen and oxygen atoms in total. The molecule has 0 unspecified atom stereocenters. The van der Waals surface area contributed by atoms with Crippen LogP contribution in [0.2, 0.25) is 5.02 Å². The molecular weight excluding hydrogens is 472 g/mol. The van der Waals surface area contributed by atoms with E-state index in [-0.39, 0.29) is 23.8 Å². The summed E-state index contributed by atoms with van der Waals surface area (Å²) in [6, 6.07) is 13.3. The average Bonchev–Trinajstić information content (AvgIpc) is 3.42. The van der Waals surface area contributed by atoms with Crippen molar-refractivity contribution >= 4 is 54.0 Å². The van der Waals surface area contributed by atoms with Crippen molar-refractivity contribution in [2.24, 2.45) is 0 Å². The second kappa shape index (κ2) is 8.93. The Labute approximate surface area is 194 Å². The molecule has 0 atom stereocenters. The van der Waals surface area contributed by atoms with E-state index in [0.717, 1.165) is 11.0 Å². The number of amides is 1. The van der Waals surface area contributed by atoms with Crippen molar-refractivity contribution in [3.8, 4) is 5.75 Å². The standard InChI is InChI=1S/C22H19ClN2O5S2/c1-29-18-10-9-17(23)21-20(18)24-22(31-21)25(13-15-4-3-11-30-15)19(26)12-14-5-7-16(8-6-14)32(2,27)28/h3-11H,12-13H2,1-2H3. The number of nitrogens with zero attached hydrogens (tertiary/aromatic N) is 2. The number of anilines is 1. The molecule has 166 valence electrons. The number of sulfone groups is 1. The first-order valence-electron chi connectivity index (χ1n) is 9.51. The molecule has 0 radical (unpaired) electrons. The number of carbonyl (C=O) groups excluding carboxylic acids is 1. The Bertz CT molecular complexity index is 1360. The van der Waals surface area contributed by atoms with Gasteiger partial charge in [0, 0.05) is 6.26 Å². The van der Waals surface area contributed by atoms with Crippen molar-refractivity contribution in [3.63, 3.8) is 0 Å². The van der Waals surface area contributed by atoms with Gasteiger partial charge in [-0.25, -0.2) is 13.4 Å². The van der Waals surface area contributed by atoms with Gasteiger partial charge in [0.15, 0.2) is 15.0 Å². The molecule has 1 amide bonds. The molecule has 0 aliphatic rings. The molecule has 32 heavy (non-hydrogen) atoms. The highest BCUT2D eigenvalue weighted by atomic mass is 35.5. The first kappa shape index (κ1) is 22.3. The van der Waals surface area contributed by atoms with Crippen molar-refractivity contribution < 1.29 is 22.4 Å². The highest BCUT2D eigenvalue weighted by molar-refractivity contribution is 7.90. The number of furan rings is 1. The minimum absolute atomic E-state index is 0.0611. The number of methoxy groups -OCH3 is 1. The van der Waals surface area contributed by atoms with E-state index in [9.17, 15) is 13.2 Å². The lowest BCUT2D eigenvalue weighted by molar-refractivity contribution is -0.118. The van der Waals surface area contributed by atoms with Gasteiger partial charge in [-0.3, -0.25) is 9.69 Å². The van der Waals surface area contributed by atoms with Gasteiger partial charge in [0.1, 0.15) is 17.0 Å². The van der Waals surface area contributed by atoms with Crippen LogP contribution in [0.5, 0.6) is 5.75 Å². The van der Waals surface area contributed by atoms with Gasteiger partial charge in [0.05, 0.1) is 41.0 Å². The fourth-order valence-corrected chi connectivity index (χ4v) is 5.07. The number of hydrogen-bond acceptors (Lipinski definition) is 7. The average molecular weight is 491 g/mol. The largest absolute Gasteiger partial charge is 0.494 e. The molecule has 2 aromatic heterocycles. The first-order valence-corrected chi connectivity index (χ1v) is 12.6. The number of hydrogen-bond donors (Lipinski definition) is 0. The molecule has 0 saturated heterocycles. The summed E-state index contributed by atoms with van der Waals surface area (Å²) in [7, 11) is -1.76. The van der Waals surface area contributed by atoms with Gasteiger partial charge in [-0.05, 0) is 42.0 Å². The molecule has 0 aliphatic heterocycles. The molecule has 2 aromatic carbocycles. The molecule has 0 saturated carbocycles. The second-order valence-corrected chi connectivity index (χ2v) is 10.5. The fraction of sp³-hybridized carbons (Fsp3) is 0.182. The molecule has 0 fully saturated rings. The number of halogens is 1. The van der Waals surface area contributed by atoms with Crippen LogP contribution in [0.25, 0.3) is 10.2 Å². The quantitative estimate of drug-likeness (QED) is 0.372. The van der Waals surface area contributed by atoms with Crippen LogP contribution < -0.4 is 9.64 Å². The van der Waals surface area contributed by atoms with E-state index in [2.05, 4.69) is 4.98 Å². The minimum atomic E-state index is -3.31. The zero-order chi connectivity index (χ0) is 22.9. The van der Waals surface area contributed by atoms with Crippen LogP contribution in [-0.4, -0.2) is 32.7 Å². The zero-order valence-corrected chi connectivity index (χ0v) is 19.6. The van der Waals surface area contributed by atoms with Crippen LogP contribution in [0, 0.1) is 0 Å². The Balaban J connectivity index is 1.69. The summed E-state index contributed by atoms with van der Waals surface area (Å²) in [6.07, 6.45) is 2.75. The summed E-state index contributed by atoms with van der Waals surface area (Å²) in [6.45, 7) is 0.188. The molecular formula is C22H19ClN2O5S2. The molecule has 0 spiro atoms. The van der Waals surface area contributed by atoms with Crippen molar-refractivity contribution in [2.75, 3.05) is 18.3 Å². The monoisotopic (exact) mass is 490 g/mol. The first-order chi connectivity index (χ1) is 15.3. The second-order valence-electron chi connectivity index (χ2n) is 7.08. The molecule has 4 rings (SSSR count). The molecule has 10 heteroatoms. The summed E-state index contributed by atoms with van der Waals surface area (Å²) in [5, 5.41) is 0.979. The molecule has 0 aliphatic carbocycles. The highest BCUT2D eigenvalue weighted by Crippen LogP contribution is 2.39. The van der Waals surface area contributed by atoms with Gasteiger partial charge >= 0.3 is 0 Å². The maximum Gasteiger partial charge on any atom is 0.233 e. The van der Waals surface area contributed by atoms with Crippen LogP contribution in [0.3, 0.4) is 0 Å². The van der Waals surface area contributed by atoms with E-state index in [0.29, 0.717) is 32.7 Å². The maximum atomic E-state index is 13.3. The number of aromatic nitrogens is 1. The number of benzene rings is 2. The van der Waals surface area contributed by atoms with Crippen LogP contribution in [0.4, 0.5) is 5.13 Å².